The van der Waals surface area contributed by atoms with Gasteiger partial charge in [-0.05, 0) is 24.0 Å². The second kappa shape index (κ2) is 11.3. The van der Waals surface area contributed by atoms with Gasteiger partial charge in [-0.3, -0.25) is 23.4 Å². The lowest BCUT2D eigenvalue weighted by molar-refractivity contribution is -0.139. The molecule has 0 amide bonds. The molecule has 0 aliphatic carbocycles. The minimum Gasteiger partial charge on any atom is -0.481 e. The van der Waals surface area contributed by atoms with E-state index in [1.54, 1.807) is 37.1 Å². The molecule has 2 aromatic heterocycles. The van der Waals surface area contributed by atoms with Crippen molar-refractivity contribution < 1.29 is 19.8 Å². The highest BCUT2D eigenvalue weighted by atomic mass is 35.5. The lowest BCUT2D eigenvalue weighted by Gasteiger charge is -2.31. The summed E-state index contributed by atoms with van der Waals surface area (Å²) in [6, 6.07) is 8.08. The number of carboxylic acids is 1. The van der Waals surface area contributed by atoms with Crippen LogP contribution in [0.25, 0.3) is 17.0 Å². The van der Waals surface area contributed by atoms with Crippen LogP contribution in [0.3, 0.4) is 0 Å². The SMILES string of the molecule is CCCCCn1c(N2C[C@@H](O)C[C@H]2C(=O)CC(C)(C)CC(=O)O)cc(=O)n2cc(-c3ccc(Cl)cc3)nc12. The number of fused-ring (bicyclic) bond motifs is 1. The molecule has 1 aliphatic rings. The molecule has 0 unspecified atom stereocenters. The van der Waals surface area contributed by atoms with Gasteiger partial charge in [0.2, 0.25) is 5.78 Å². The number of unbranched alkanes of at least 4 members (excludes halogenated alkanes) is 2. The van der Waals surface area contributed by atoms with Crippen LogP contribution in [0.4, 0.5) is 5.82 Å². The number of aliphatic hydroxyl groups excluding tert-OH is 1. The van der Waals surface area contributed by atoms with Gasteiger partial charge in [0.25, 0.3) is 5.56 Å². The van der Waals surface area contributed by atoms with Crippen LogP contribution in [-0.4, -0.2) is 54.6 Å². The molecule has 1 aromatic carbocycles. The van der Waals surface area contributed by atoms with Crippen molar-refractivity contribution in [2.45, 2.75) is 78.0 Å². The Labute approximate surface area is 226 Å². The van der Waals surface area contributed by atoms with Crippen molar-refractivity contribution in [3.8, 4) is 11.3 Å². The quantitative estimate of drug-likeness (QED) is 0.345. The van der Waals surface area contributed by atoms with Crippen LogP contribution >= 0.6 is 11.6 Å². The molecule has 3 heterocycles. The predicted octanol–water partition coefficient (Wildman–Crippen LogP) is 4.41. The summed E-state index contributed by atoms with van der Waals surface area (Å²) in [7, 11) is 0. The molecular formula is C28H35ClN4O5. The van der Waals surface area contributed by atoms with E-state index < -0.39 is 23.5 Å². The first-order chi connectivity index (χ1) is 18.0. The zero-order valence-corrected chi connectivity index (χ0v) is 22.8. The summed E-state index contributed by atoms with van der Waals surface area (Å²) >= 11 is 6.05. The number of imidazole rings is 1. The number of hydrogen-bond donors (Lipinski definition) is 2. The van der Waals surface area contributed by atoms with Gasteiger partial charge in [0.1, 0.15) is 5.82 Å². The highest BCUT2D eigenvalue weighted by Gasteiger charge is 2.39. The summed E-state index contributed by atoms with van der Waals surface area (Å²) in [5, 5.41) is 20.4. The molecule has 2 N–H and O–H groups in total. The smallest absolute Gasteiger partial charge is 0.303 e. The Morgan fingerprint density at radius 2 is 1.87 bits per heavy atom. The summed E-state index contributed by atoms with van der Waals surface area (Å²) < 4.78 is 3.47. The number of halogens is 1. The number of anilines is 1. The van der Waals surface area contributed by atoms with E-state index in [0.717, 1.165) is 24.8 Å². The molecule has 204 valence electrons. The molecule has 4 rings (SSSR count). The number of ketones is 1. The van der Waals surface area contributed by atoms with Crippen LogP contribution < -0.4 is 10.5 Å². The van der Waals surface area contributed by atoms with Crippen LogP contribution in [0, 0.1) is 5.41 Å². The summed E-state index contributed by atoms with van der Waals surface area (Å²) in [5.41, 5.74) is 0.436. The molecule has 9 nitrogen and oxygen atoms in total. The fourth-order valence-corrected chi connectivity index (χ4v) is 5.38. The largest absolute Gasteiger partial charge is 0.481 e. The fraction of sp³-hybridized carbons (Fsp3) is 0.500. The Kier molecular flexibility index (Phi) is 8.28. The third-order valence-corrected chi connectivity index (χ3v) is 7.30. The lowest BCUT2D eigenvalue weighted by Crippen LogP contribution is -2.41. The Hall–Kier alpha value is -3.17. The number of benzene rings is 1. The van der Waals surface area contributed by atoms with Gasteiger partial charge in [-0.1, -0.05) is 57.3 Å². The second-order valence-corrected chi connectivity index (χ2v) is 11.4. The average Bonchev–Trinajstić information content (AvgIpc) is 3.44. The van der Waals surface area contributed by atoms with Crippen LogP contribution in [0.5, 0.6) is 0 Å². The first-order valence-corrected chi connectivity index (χ1v) is 13.4. The van der Waals surface area contributed by atoms with Crippen molar-refractivity contribution in [3.63, 3.8) is 0 Å². The number of aliphatic carboxylic acids is 1. The standard InChI is InChI=1S/C28H35ClN4O5/c1-4-5-6-11-31-24(32-16-20(34)12-22(32)23(35)14-28(2,3)15-26(37)38)13-25(36)33-17-21(30-27(31)33)18-7-9-19(29)10-8-18/h7-10,13,17,20,22,34H,4-6,11-12,14-16H2,1-3H3,(H,37,38)/t20-,22-/m0/s1. The zero-order chi connectivity index (χ0) is 27.6. The monoisotopic (exact) mass is 542 g/mol. The number of carbonyl (C=O) groups excluding carboxylic acids is 1. The Morgan fingerprint density at radius 1 is 1.16 bits per heavy atom. The van der Waals surface area contributed by atoms with E-state index in [1.165, 1.54) is 10.5 Å². The third-order valence-electron chi connectivity index (χ3n) is 7.05. The number of aliphatic hydroxyl groups is 1. The Balaban J connectivity index is 1.78. The van der Waals surface area contributed by atoms with Gasteiger partial charge in [0, 0.05) is 48.8 Å². The van der Waals surface area contributed by atoms with E-state index in [2.05, 4.69) is 6.92 Å². The van der Waals surface area contributed by atoms with Crippen LogP contribution in [0.1, 0.15) is 59.3 Å². The summed E-state index contributed by atoms with van der Waals surface area (Å²) in [6.45, 7) is 6.40. The third kappa shape index (κ3) is 6.10. The second-order valence-electron chi connectivity index (χ2n) is 10.9. The van der Waals surface area contributed by atoms with E-state index >= 15 is 0 Å². The molecule has 38 heavy (non-hydrogen) atoms. The molecule has 10 heteroatoms. The van der Waals surface area contributed by atoms with Gasteiger partial charge in [-0.2, -0.15) is 0 Å². The maximum absolute atomic E-state index is 13.4. The maximum Gasteiger partial charge on any atom is 0.303 e. The fourth-order valence-electron chi connectivity index (χ4n) is 5.25. The van der Waals surface area contributed by atoms with Crippen molar-refractivity contribution >= 4 is 34.9 Å². The van der Waals surface area contributed by atoms with Gasteiger partial charge in [0.05, 0.1) is 24.3 Å². The van der Waals surface area contributed by atoms with Crippen molar-refractivity contribution in [1.29, 1.82) is 0 Å². The summed E-state index contributed by atoms with van der Waals surface area (Å²) in [4.78, 5) is 44.6. The van der Waals surface area contributed by atoms with Gasteiger partial charge < -0.3 is 15.1 Å². The van der Waals surface area contributed by atoms with Crippen molar-refractivity contribution in [2.75, 3.05) is 11.4 Å². The minimum absolute atomic E-state index is 0.0551. The minimum atomic E-state index is -0.961. The molecule has 3 aromatic rings. The number of carboxylic acid groups (broad SMARTS) is 1. The van der Waals surface area contributed by atoms with Crippen LogP contribution in [-0.2, 0) is 16.1 Å². The van der Waals surface area contributed by atoms with Crippen molar-refractivity contribution in [3.05, 3.63) is 51.9 Å². The summed E-state index contributed by atoms with van der Waals surface area (Å²) in [5.74, 6) is -0.104. The number of aromatic nitrogens is 3. The van der Waals surface area contributed by atoms with E-state index in [-0.39, 0.29) is 37.1 Å². The van der Waals surface area contributed by atoms with Crippen molar-refractivity contribution in [1.82, 2.24) is 14.0 Å². The number of β-amino-alcohol motifs (C(OH)–C–C–N with tert-alkyl or cyclic N) is 1. The van der Waals surface area contributed by atoms with Crippen LogP contribution in [0.2, 0.25) is 5.02 Å². The molecule has 2 atom stereocenters. The predicted molar refractivity (Wildman–Crippen MR) is 147 cm³/mol. The lowest BCUT2D eigenvalue weighted by atomic mass is 9.82. The normalized spacial score (nSPS) is 17.9. The molecule has 0 spiro atoms. The van der Waals surface area contributed by atoms with E-state index in [0.29, 0.717) is 28.9 Å². The van der Waals surface area contributed by atoms with E-state index in [1.807, 2.05) is 16.7 Å². The molecular weight excluding hydrogens is 508 g/mol. The number of Topliss-reactive ketones (excluding diaryl/α,β-unsaturated/α-hetero) is 1. The number of nitrogens with zero attached hydrogens (tertiary/aromatic N) is 4. The number of aryl methyl sites for hydroxylation is 1. The zero-order valence-electron chi connectivity index (χ0n) is 22.1. The Morgan fingerprint density at radius 3 is 2.53 bits per heavy atom. The first kappa shape index (κ1) is 27.9. The maximum atomic E-state index is 13.4. The highest BCUT2D eigenvalue weighted by molar-refractivity contribution is 6.30. The number of rotatable bonds is 11. The highest BCUT2D eigenvalue weighted by Crippen LogP contribution is 2.33. The molecule has 1 fully saturated rings. The Bertz CT molecular complexity index is 1380. The number of carbonyl (C=O) groups is 2. The van der Waals surface area contributed by atoms with E-state index in [9.17, 15) is 24.6 Å². The molecule has 0 saturated carbocycles. The van der Waals surface area contributed by atoms with Crippen LogP contribution in [0.15, 0.2) is 41.3 Å². The molecule has 1 saturated heterocycles. The van der Waals surface area contributed by atoms with Gasteiger partial charge in [0.15, 0.2) is 5.78 Å². The van der Waals surface area contributed by atoms with Crippen molar-refractivity contribution in [2.24, 2.45) is 5.41 Å². The average molecular weight is 543 g/mol. The number of hydrogen-bond acceptors (Lipinski definition) is 6. The van der Waals surface area contributed by atoms with Gasteiger partial charge in [-0.15, -0.1) is 0 Å². The van der Waals surface area contributed by atoms with E-state index in [4.69, 9.17) is 16.6 Å². The molecule has 0 bridgehead atoms. The summed E-state index contributed by atoms with van der Waals surface area (Å²) in [6.07, 6.45) is 3.95. The topological polar surface area (TPSA) is 117 Å². The molecule has 0 radical (unpaired) electrons. The first-order valence-electron chi connectivity index (χ1n) is 13.1. The van der Waals surface area contributed by atoms with Gasteiger partial charge >= 0.3 is 5.97 Å². The van der Waals surface area contributed by atoms with Gasteiger partial charge in [-0.25, -0.2) is 4.98 Å². The molecule has 1 aliphatic heterocycles.